The van der Waals surface area contributed by atoms with Crippen molar-refractivity contribution >= 4 is 52.8 Å². The number of aliphatic hydroxyl groups is 2. The number of nitrogens with one attached hydrogen (secondary N) is 1. The Hall–Kier alpha value is 2.86. The Kier molecular flexibility index (Phi) is 18.1. The van der Waals surface area contributed by atoms with Crippen LogP contribution in [-0.4, -0.2) is 54.7 Å². The third-order valence-corrected chi connectivity index (χ3v) is 7.82. The number of rotatable bonds is 8. The smallest absolute Gasteiger partial charge is 0.790 e. The molecule has 26 heteroatoms. The maximum atomic E-state index is 11.6. The molecule has 3 heterocycles. The molecule has 6 atom stereocenters. The number of phosphoric ester groups is 1. The van der Waals surface area contributed by atoms with Gasteiger partial charge in [-0.3, -0.25) is 18.0 Å². The van der Waals surface area contributed by atoms with Crippen molar-refractivity contribution in [3.05, 3.63) is 11.0 Å². The Balaban J connectivity index is 0. The van der Waals surface area contributed by atoms with Crippen molar-refractivity contribution in [2.45, 2.75) is 24.5 Å². The summed E-state index contributed by atoms with van der Waals surface area (Å²) in [6, 6.07) is 0. The molecule has 5 N–H and O–H groups in total. The summed E-state index contributed by atoms with van der Waals surface area (Å²) >= 11 is 5.01. The molecule has 2 aromatic rings. The molecule has 1 fully saturated rings. The molecule has 180 valence electrons. The van der Waals surface area contributed by atoms with Gasteiger partial charge < -0.3 is 54.3 Å². The van der Waals surface area contributed by atoms with Gasteiger partial charge in [-0.05, 0) is 0 Å². The molecule has 2 aromatic heterocycles. The Morgan fingerprint density at radius 3 is 2.22 bits per heavy atom. The minimum atomic E-state index is -6.15. The molecule has 1 saturated heterocycles. The van der Waals surface area contributed by atoms with Gasteiger partial charge in [0, 0.05) is 0 Å². The predicted molar refractivity (Wildman–Crippen MR) is 94.0 cm³/mol. The zero-order chi connectivity index (χ0) is 24.1. The molecule has 0 saturated carbocycles. The standard InChI is InChI=1S/C10H16N5O13P3S.4Na/c11-10-13-7-4(8(32)14-10)12-2-15(7)9-6(17)5(16)3(26-9)1-25-30(21,22)28-31(23,24)27-29(18,19)20;;;;/h2-3,5-6,9,16-17H,1H2,(H,21,22)(H,23,24)(H2,18,19,20)(H3,11,13,14,32);;;;/q;4*+1/p-4. The van der Waals surface area contributed by atoms with E-state index in [-0.39, 0.29) is 140 Å². The molecular formula is C10H12N5Na4O13P3S. The van der Waals surface area contributed by atoms with E-state index in [4.69, 9.17) is 22.7 Å². The first-order chi connectivity index (χ1) is 14.6. The summed E-state index contributed by atoms with van der Waals surface area (Å²) in [6.45, 7) is -1.09. The minimum Gasteiger partial charge on any atom is -0.790 e. The number of fused-ring (bicyclic) bond motifs is 1. The van der Waals surface area contributed by atoms with E-state index in [1.807, 2.05) is 0 Å². The third-order valence-electron chi connectivity index (χ3n) is 3.87. The van der Waals surface area contributed by atoms with E-state index in [1.54, 1.807) is 0 Å². The number of nitrogen functional groups attached to an aromatic ring is 1. The number of H-pyrrole nitrogens is 1. The summed E-state index contributed by atoms with van der Waals surface area (Å²) < 4.78 is 50.4. The first kappa shape index (κ1) is 41.0. The van der Waals surface area contributed by atoms with Gasteiger partial charge in [-0.15, -0.1) is 0 Å². The van der Waals surface area contributed by atoms with E-state index in [2.05, 4.69) is 28.1 Å². The number of aliphatic hydroxyl groups excluding tert-OH is 2. The molecule has 0 spiro atoms. The number of ether oxygens (including phenoxy) is 1. The molecule has 0 aliphatic carbocycles. The second kappa shape index (κ2) is 15.9. The van der Waals surface area contributed by atoms with Crippen LogP contribution in [0.2, 0.25) is 0 Å². The largest absolute Gasteiger partial charge is 1.00 e. The zero-order valence-electron chi connectivity index (χ0n) is 19.1. The first-order valence-electron chi connectivity index (χ1n) is 8.04. The predicted octanol–water partition coefficient (Wildman–Crippen LogP) is -15.5. The van der Waals surface area contributed by atoms with Gasteiger partial charge in [-0.2, -0.15) is 0 Å². The SMILES string of the molecule is Nc1nc(=S)c2ncn(C3OC(COP(=O)([O-])OP(=O)([O-])OP(=O)([O-])[O-])C(O)C3O)c2[nH]1.[Na+].[Na+].[Na+].[Na+]. The van der Waals surface area contributed by atoms with Crippen LogP contribution in [0.15, 0.2) is 6.33 Å². The Labute approximate surface area is 295 Å². The van der Waals surface area contributed by atoms with Crippen LogP contribution < -0.4 is 144 Å². The number of anilines is 1. The summed E-state index contributed by atoms with van der Waals surface area (Å²) in [5.74, 6) is -0.0911. The number of aromatic amines is 1. The van der Waals surface area contributed by atoms with Crippen molar-refractivity contribution in [3.63, 3.8) is 0 Å². The Morgan fingerprint density at radius 2 is 1.67 bits per heavy atom. The van der Waals surface area contributed by atoms with Crippen molar-refractivity contribution in [1.29, 1.82) is 0 Å². The van der Waals surface area contributed by atoms with Gasteiger partial charge in [-0.1, -0.05) is 12.2 Å². The average Bonchev–Trinajstić information content (AvgIpc) is 3.12. The third kappa shape index (κ3) is 10.9. The first-order valence-corrected chi connectivity index (χ1v) is 12.8. The number of nitrogens with two attached hydrogens (primary N) is 1. The minimum absolute atomic E-state index is 0. The number of nitrogens with zero attached hydrogens (tertiary/aromatic N) is 3. The monoisotopic (exact) mass is 627 g/mol. The second-order valence-electron chi connectivity index (χ2n) is 6.12. The molecule has 0 amide bonds. The average molecular weight is 627 g/mol. The fraction of sp³-hybridized carbons (Fsp3) is 0.500. The van der Waals surface area contributed by atoms with Crippen LogP contribution in [0.1, 0.15) is 6.23 Å². The summed E-state index contributed by atoms with van der Waals surface area (Å²) in [4.78, 5) is 53.8. The second-order valence-corrected chi connectivity index (χ2v) is 10.8. The summed E-state index contributed by atoms with van der Waals surface area (Å²) in [7, 11) is -18.1. The van der Waals surface area contributed by atoms with Gasteiger partial charge in [0.25, 0.3) is 15.6 Å². The van der Waals surface area contributed by atoms with E-state index in [9.17, 15) is 43.5 Å². The fourth-order valence-electron chi connectivity index (χ4n) is 2.69. The van der Waals surface area contributed by atoms with Crippen LogP contribution in [0, 0.1) is 4.64 Å². The van der Waals surface area contributed by atoms with Crippen LogP contribution in [0.4, 0.5) is 5.95 Å². The van der Waals surface area contributed by atoms with Gasteiger partial charge in [0.05, 0.1) is 20.8 Å². The fourth-order valence-corrected chi connectivity index (χ4v) is 5.80. The normalized spacial score (nSPS) is 24.8. The quantitative estimate of drug-likeness (QED) is 0.120. The van der Waals surface area contributed by atoms with Crippen LogP contribution >= 0.6 is 35.7 Å². The molecule has 0 bridgehead atoms. The van der Waals surface area contributed by atoms with E-state index in [0.717, 1.165) is 0 Å². The van der Waals surface area contributed by atoms with Gasteiger partial charge >= 0.3 is 118 Å². The van der Waals surface area contributed by atoms with Crippen molar-refractivity contribution in [2.24, 2.45) is 0 Å². The van der Waals surface area contributed by atoms with Gasteiger partial charge in [0.1, 0.15) is 29.5 Å². The molecule has 3 rings (SSSR count). The van der Waals surface area contributed by atoms with Crippen LogP contribution in [-0.2, 0) is 31.6 Å². The molecule has 1 aliphatic rings. The number of hydrogen-bond acceptors (Lipinski definition) is 17. The number of hydrogen-bond donors (Lipinski definition) is 4. The molecule has 36 heavy (non-hydrogen) atoms. The Bertz CT molecular complexity index is 1230. The maximum Gasteiger partial charge on any atom is 1.00 e. The summed E-state index contributed by atoms with van der Waals surface area (Å²) in [5.41, 5.74) is 5.92. The number of aromatic nitrogens is 4. The van der Waals surface area contributed by atoms with E-state index in [1.165, 1.54) is 10.9 Å². The van der Waals surface area contributed by atoms with E-state index < -0.39 is 54.6 Å². The van der Waals surface area contributed by atoms with Crippen molar-refractivity contribution < 1.29 is 180 Å². The van der Waals surface area contributed by atoms with E-state index in [0.29, 0.717) is 0 Å². The summed E-state index contributed by atoms with van der Waals surface area (Å²) in [6.07, 6.45) is -5.16. The Morgan fingerprint density at radius 1 is 1.08 bits per heavy atom. The topological polar surface area (TPSA) is 293 Å². The van der Waals surface area contributed by atoms with Crippen molar-refractivity contribution in [2.75, 3.05) is 12.3 Å². The zero-order valence-corrected chi connectivity index (χ0v) is 30.6. The van der Waals surface area contributed by atoms with Crippen LogP contribution in [0.3, 0.4) is 0 Å². The maximum absolute atomic E-state index is 11.6. The molecule has 1 aliphatic heterocycles. The van der Waals surface area contributed by atoms with E-state index >= 15 is 0 Å². The molecular weight excluding hydrogens is 615 g/mol. The van der Waals surface area contributed by atoms with Gasteiger partial charge in [0.2, 0.25) is 0 Å². The molecule has 0 radical (unpaired) electrons. The number of imidazole rings is 1. The van der Waals surface area contributed by atoms with Crippen LogP contribution in [0.5, 0.6) is 0 Å². The molecule has 6 unspecified atom stereocenters. The summed E-state index contributed by atoms with van der Waals surface area (Å²) in [5, 5.41) is 20.4. The van der Waals surface area contributed by atoms with Crippen molar-refractivity contribution in [1.82, 2.24) is 19.5 Å². The van der Waals surface area contributed by atoms with Crippen molar-refractivity contribution in [3.8, 4) is 0 Å². The van der Waals surface area contributed by atoms with Crippen LogP contribution in [0.25, 0.3) is 11.2 Å². The van der Waals surface area contributed by atoms with Gasteiger partial charge in [-0.25, -0.2) is 14.3 Å². The van der Waals surface area contributed by atoms with Gasteiger partial charge in [0.15, 0.2) is 16.8 Å². The molecule has 18 nitrogen and oxygen atoms in total. The molecule has 0 aromatic carbocycles. The number of phosphoric acid groups is 3.